The molecule has 0 amide bonds. The highest BCUT2D eigenvalue weighted by atomic mass is 16.6. The lowest BCUT2D eigenvalue weighted by molar-refractivity contribution is -0.152. The summed E-state index contributed by atoms with van der Waals surface area (Å²) < 4.78 is 12.2. The van der Waals surface area contributed by atoms with Crippen molar-refractivity contribution in [3.05, 3.63) is 0 Å². The Balaban J connectivity index is 1.30. The summed E-state index contributed by atoms with van der Waals surface area (Å²) in [5.41, 5.74) is 0.833. The molecule has 1 saturated heterocycles. The van der Waals surface area contributed by atoms with E-state index in [9.17, 15) is 4.79 Å². The summed E-state index contributed by atoms with van der Waals surface area (Å²) in [5.74, 6) is 5.08. The molecule has 182 valence electrons. The van der Waals surface area contributed by atoms with Gasteiger partial charge in [0.25, 0.3) is 0 Å². The molecule has 0 aromatic carbocycles. The second kappa shape index (κ2) is 7.99. The van der Waals surface area contributed by atoms with Gasteiger partial charge in [-0.2, -0.15) is 0 Å². The van der Waals surface area contributed by atoms with Crippen molar-refractivity contribution in [3.63, 3.8) is 0 Å². The summed E-state index contributed by atoms with van der Waals surface area (Å²) in [6.45, 7) is 14.1. The fourth-order valence-electron chi connectivity index (χ4n) is 10.0. The lowest BCUT2D eigenvalue weighted by atomic mass is 9.44. The summed E-state index contributed by atoms with van der Waals surface area (Å²) in [5, 5.41) is 0. The molecule has 10 atom stereocenters. The Morgan fingerprint density at radius 1 is 0.969 bits per heavy atom. The van der Waals surface area contributed by atoms with Crippen LogP contribution in [0.4, 0.5) is 0 Å². The zero-order valence-electron chi connectivity index (χ0n) is 21.6. The molecule has 4 saturated carbocycles. The van der Waals surface area contributed by atoms with E-state index in [1.165, 1.54) is 64.2 Å². The normalized spacial score (nSPS) is 50.1. The maximum absolute atomic E-state index is 11.6. The molecule has 1 aliphatic heterocycles. The van der Waals surface area contributed by atoms with Gasteiger partial charge in [-0.3, -0.25) is 4.79 Å². The van der Waals surface area contributed by atoms with Gasteiger partial charge in [0.2, 0.25) is 0 Å². The largest absolute Gasteiger partial charge is 0.460 e. The van der Waals surface area contributed by atoms with Crippen molar-refractivity contribution >= 4 is 5.97 Å². The van der Waals surface area contributed by atoms with Crippen LogP contribution in [0, 0.1) is 46.3 Å². The lowest BCUT2D eigenvalue weighted by Crippen LogP contribution is -2.59. The van der Waals surface area contributed by atoms with Gasteiger partial charge in [-0.15, -0.1) is 0 Å². The molecule has 5 aliphatic rings. The Bertz CT molecular complexity index is 732. The van der Waals surface area contributed by atoms with Crippen molar-refractivity contribution in [2.24, 2.45) is 46.3 Å². The van der Waals surface area contributed by atoms with Crippen molar-refractivity contribution in [1.82, 2.24) is 0 Å². The number of carbonyl (C=O) groups excluding carboxylic acids is 1. The SMILES string of the molecule is CC(=O)OC1CCC2(C)C3CCC4(C)C(C(C)CCCC(C)C)CCC4C3CCC23OC13. The first-order chi connectivity index (χ1) is 15.1. The lowest BCUT2D eigenvalue weighted by Gasteiger charge is -2.60. The molecule has 5 fully saturated rings. The molecule has 0 N–H and O–H groups in total. The van der Waals surface area contributed by atoms with Crippen LogP contribution in [-0.4, -0.2) is 23.8 Å². The molecular weight excluding hydrogens is 396 g/mol. The third-order valence-electron chi connectivity index (χ3n) is 11.6. The van der Waals surface area contributed by atoms with Crippen LogP contribution in [0.25, 0.3) is 0 Å². The molecule has 0 bridgehead atoms. The zero-order valence-corrected chi connectivity index (χ0v) is 21.6. The van der Waals surface area contributed by atoms with Crippen molar-refractivity contribution in [2.75, 3.05) is 0 Å². The van der Waals surface area contributed by atoms with Gasteiger partial charge in [0.05, 0.1) is 0 Å². The summed E-state index contributed by atoms with van der Waals surface area (Å²) in [6.07, 6.45) is 14.8. The van der Waals surface area contributed by atoms with E-state index in [1.807, 2.05) is 0 Å². The Morgan fingerprint density at radius 2 is 1.75 bits per heavy atom. The van der Waals surface area contributed by atoms with E-state index in [0.29, 0.717) is 5.41 Å². The summed E-state index contributed by atoms with van der Waals surface area (Å²) in [6, 6.07) is 0. The Morgan fingerprint density at radius 3 is 2.47 bits per heavy atom. The Hall–Kier alpha value is -0.570. The van der Waals surface area contributed by atoms with Gasteiger partial charge >= 0.3 is 5.97 Å². The summed E-state index contributed by atoms with van der Waals surface area (Å²) >= 11 is 0. The minimum atomic E-state index is -0.147. The van der Waals surface area contributed by atoms with Gasteiger partial charge in [0.15, 0.2) is 0 Å². The molecule has 4 aliphatic carbocycles. The smallest absolute Gasteiger partial charge is 0.302 e. The predicted octanol–water partition coefficient (Wildman–Crippen LogP) is 7.17. The number of fused-ring (bicyclic) bond motifs is 4. The van der Waals surface area contributed by atoms with Gasteiger partial charge in [0, 0.05) is 12.3 Å². The second-order valence-electron chi connectivity index (χ2n) is 13.5. The number of ether oxygens (including phenoxy) is 2. The number of epoxide rings is 1. The molecule has 1 heterocycles. The van der Waals surface area contributed by atoms with Crippen molar-refractivity contribution in [2.45, 2.75) is 130 Å². The molecule has 0 radical (unpaired) electrons. The molecule has 0 aromatic heterocycles. The van der Waals surface area contributed by atoms with Gasteiger partial charge in [0.1, 0.15) is 17.8 Å². The molecule has 1 spiro atoms. The van der Waals surface area contributed by atoms with E-state index in [0.717, 1.165) is 41.9 Å². The maximum atomic E-state index is 11.6. The first-order valence-electron chi connectivity index (χ1n) is 14.0. The molecule has 5 rings (SSSR count). The standard InChI is InChI=1S/C29H48O3/c1-18(2)8-7-9-19(3)22-10-11-23-21-12-17-29-26(32-29)25(31-20(4)30)14-16-28(29,6)24(21)13-15-27(22,23)5/h18-19,21-26H,7-17H2,1-6H3. The average molecular weight is 445 g/mol. The fraction of sp³-hybridized carbons (Fsp3) is 0.966. The van der Waals surface area contributed by atoms with Gasteiger partial charge in [-0.1, -0.05) is 53.9 Å². The summed E-state index contributed by atoms with van der Waals surface area (Å²) in [4.78, 5) is 11.6. The first kappa shape index (κ1) is 23.2. The molecule has 32 heavy (non-hydrogen) atoms. The van der Waals surface area contributed by atoms with Crippen LogP contribution in [0.15, 0.2) is 0 Å². The van der Waals surface area contributed by atoms with E-state index in [-0.39, 0.29) is 29.2 Å². The van der Waals surface area contributed by atoms with Crippen molar-refractivity contribution < 1.29 is 14.3 Å². The molecule has 3 nitrogen and oxygen atoms in total. The van der Waals surface area contributed by atoms with Crippen LogP contribution in [0.2, 0.25) is 0 Å². The molecule has 3 heteroatoms. The van der Waals surface area contributed by atoms with E-state index >= 15 is 0 Å². The number of carbonyl (C=O) groups is 1. The number of esters is 1. The zero-order chi connectivity index (χ0) is 22.9. The van der Waals surface area contributed by atoms with E-state index < -0.39 is 0 Å². The number of rotatable bonds is 6. The number of hydrogen-bond acceptors (Lipinski definition) is 3. The highest BCUT2D eigenvalue weighted by Crippen LogP contribution is 2.73. The Kier molecular flexibility index (Phi) is 5.79. The van der Waals surface area contributed by atoms with E-state index in [2.05, 4.69) is 34.6 Å². The number of hydrogen-bond donors (Lipinski definition) is 0. The van der Waals surface area contributed by atoms with Crippen LogP contribution >= 0.6 is 0 Å². The highest BCUT2D eigenvalue weighted by molar-refractivity contribution is 5.66. The fourth-order valence-corrected chi connectivity index (χ4v) is 10.0. The van der Waals surface area contributed by atoms with Crippen LogP contribution in [0.3, 0.4) is 0 Å². The Labute approximate surface area is 196 Å². The molecule has 0 aromatic rings. The minimum absolute atomic E-state index is 0.00240. The predicted molar refractivity (Wildman–Crippen MR) is 128 cm³/mol. The van der Waals surface area contributed by atoms with Gasteiger partial charge in [-0.25, -0.2) is 0 Å². The average Bonchev–Trinajstić information content (AvgIpc) is 3.36. The summed E-state index contributed by atoms with van der Waals surface area (Å²) in [7, 11) is 0. The van der Waals surface area contributed by atoms with Gasteiger partial charge < -0.3 is 9.47 Å². The monoisotopic (exact) mass is 444 g/mol. The minimum Gasteiger partial charge on any atom is -0.460 e. The van der Waals surface area contributed by atoms with Crippen LogP contribution in [0.1, 0.15) is 112 Å². The first-order valence-corrected chi connectivity index (χ1v) is 14.0. The van der Waals surface area contributed by atoms with Crippen LogP contribution in [0.5, 0.6) is 0 Å². The van der Waals surface area contributed by atoms with Crippen LogP contribution in [-0.2, 0) is 14.3 Å². The third-order valence-corrected chi connectivity index (χ3v) is 11.6. The molecular formula is C29H48O3. The van der Waals surface area contributed by atoms with E-state index in [4.69, 9.17) is 9.47 Å². The van der Waals surface area contributed by atoms with Gasteiger partial charge in [-0.05, 0) is 92.3 Å². The van der Waals surface area contributed by atoms with Crippen LogP contribution < -0.4 is 0 Å². The van der Waals surface area contributed by atoms with Crippen molar-refractivity contribution in [3.8, 4) is 0 Å². The topological polar surface area (TPSA) is 38.8 Å². The highest BCUT2D eigenvalue weighted by Gasteiger charge is 2.76. The quantitative estimate of drug-likeness (QED) is 0.322. The van der Waals surface area contributed by atoms with E-state index in [1.54, 1.807) is 6.92 Å². The maximum Gasteiger partial charge on any atom is 0.302 e. The molecule has 10 unspecified atom stereocenters. The van der Waals surface area contributed by atoms with Crippen molar-refractivity contribution in [1.29, 1.82) is 0 Å². The third kappa shape index (κ3) is 3.34. The second-order valence-corrected chi connectivity index (χ2v) is 13.5.